The molecule has 0 unspecified atom stereocenters. The van der Waals surface area contributed by atoms with Gasteiger partial charge in [0.05, 0.1) is 4.60 Å². The molecule has 0 spiro atoms. The van der Waals surface area contributed by atoms with Crippen LogP contribution in [0.4, 0.5) is 0 Å². The first-order valence-corrected chi connectivity index (χ1v) is 3.41. The van der Waals surface area contributed by atoms with E-state index in [9.17, 15) is 4.79 Å². The average molecular weight is 208 g/mol. The lowest BCUT2D eigenvalue weighted by Crippen LogP contribution is -1.96. The fraction of sp³-hybridized carbons (Fsp3) is 0. The van der Waals surface area contributed by atoms with Crippen LogP contribution < -0.4 is 5.43 Å². The van der Waals surface area contributed by atoms with E-state index in [0.29, 0.717) is 9.76 Å². The first-order valence-electron chi connectivity index (χ1n) is 2.24. The molecule has 0 amide bonds. The van der Waals surface area contributed by atoms with Crippen LogP contribution in [0.5, 0.6) is 0 Å². The summed E-state index contributed by atoms with van der Waals surface area (Å²) in [6.45, 7) is 0. The summed E-state index contributed by atoms with van der Waals surface area (Å²) in [5, 5.41) is 0.342. The zero-order valence-corrected chi connectivity index (χ0v) is 6.66. The third-order valence-electron chi connectivity index (χ3n) is 0.777. The van der Waals surface area contributed by atoms with Crippen LogP contribution in [0, 0.1) is 0 Å². The van der Waals surface area contributed by atoms with Gasteiger partial charge in [-0.1, -0.05) is 11.6 Å². The molecule has 48 valence electrons. The summed E-state index contributed by atoms with van der Waals surface area (Å²) in [7, 11) is 0. The molecule has 0 bridgehead atoms. The predicted molar refractivity (Wildman–Crippen MR) is 39.8 cm³/mol. The second-order valence-corrected chi connectivity index (χ2v) is 2.77. The number of aromatic amines is 1. The van der Waals surface area contributed by atoms with Crippen molar-refractivity contribution in [1.82, 2.24) is 4.98 Å². The molecule has 4 heteroatoms. The molecule has 0 aliphatic carbocycles. The van der Waals surface area contributed by atoms with Gasteiger partial charge in [-0.2, -0.15) is 0 Å². The van der Waals surface area contributed by atoms with Gasteiger partial charge in [-0.15, -0.1) is 0 Å². The Labute approximate surface area is 65.0 Å². The number of H-pyrrole nitrogens is 1. The number of halogens is 2. The smallest absolute Gasteiger partial charge is 0.184 e. The van der Waals surface area contributed by atoms with Gasteiger partial charge in [0.2, 0.25) is 0 Å². The molecule has 1 rings (SSSR count). The Hall–Kier alpha value is -0.280. The molecule has 0 atom stereocenters. The van der Waals surface area contributed by atoms with E-state index in [2.05, 4.69) is 20.9 Å². The minimum atomic E-state index is -0.106. The molecule has 0 saturated heterocycles. The van der Waals surface area contributed by atoms with Crippen LogP contribution in [0.3, 0.4) is 0 Å². The van der Waals surface area contributed by atoms with Crippen LogP contribution in [0.1, 0.15) is 0 Å². The van der Waals surface area contributed by atoms with Crippen molar-refractivity contribution in [2.45, 2.75) is 0 Å². The van der Waals surface area contributed by atoms with E-state index in [4.69, 9.17) is 11.6 Å². The molecule has 0 fully saturated rings. The highest BCUT2D eigenvalue weighted by atomic mass is 79.9. The second kappa shape index (κ2) is 2.54. The molecular weight excluding hydrogens is 205 g/mol. The SMILES string of the molecule is O=c1cc(Cl)[nH]c(Br)c1. The topological polar surface area (TPSA) is 32.9 Å². The first-order chi connectivity index (χ1) is 4.18. The maximum absolute atomic E-state index is 10.6. The summed E-state index contributed by atoms with van der Waals surface area (Å²) < 4.78 is 0.597. The van der Waals surface area contributed by atoms with Crippen LogP contribution >= 0.6 is 27.5 Å². The maximum atomic E-state index is 10.6. The average Bonchev–Trinajstić information content (AvgIpc) is 1.59. The minimum absolute atomic E-state index is 0.106. The zero-order valence-electron chi connectivity index (χ0n) is 4.32. The largest absolute Gasteiger partial charge is 0.340 e. The highest BCUT2D eigenvalue weighted by Gasteiger charge is 1.90. The van der Waals surface area contributed by atoms with Crippen molar-refractivity contribution < 1.29 is 0 Å². The molecule has 0 saturated carbocycles. The molecule has 0 aliphatic heterocycles. The number of hydrogen-bond donors (Lipinski definition) is 1. The molecular formula is C5H3BrClNO. The van der Waals surface area contributed by atoms with E-state index < -0.39 is 0 Å². The number of hydrogen-bond acceptors (Lipinski definition) is 1. The lowest BCUT2D eigenvalue weighted by atomic mass is 10.5. The summed E-state index contributed by atoms with van der Waals surface area (Å²) in [4.78, 5) is 13.3. The molecule has 2 nitrogen and oxygen atoms in total. The van der Waals surface area contributed by atoms with Crippen molar-refractivity contribution in [3.8, 4) is 0 Å². The highest BCUT2D eigenvalue weighted by Crippen LogP contribution is 2.05. The van der Waals surface area contributed by atoms with E-state index in [1.807, 2.05) is 0 Å². The fourth-order valence-electron chi connectivity index (χ4n) is 0.478. The zero-order chi connectivity index (χ0) is 6.85. The predicted octanol–water partition coefficient (Wildman–Crippen LogP) is 1.79. The van der Waals surface area contributed by atoms with Crippen LogP contribution in [0.15, 0.2) is 21.5 Å². The summed E-state index contributed by atoms with van der Waals surface area (Å²) in [6.07, 6.45) is 0. The summed E-state index contributed by atoms with van der Waals surface area (Å²) in [6, 6.07) is 2.72. The fourth-order valence-corrected chi connectivity index (χ4v) is 1.24. The third-order valence-corrected chi connectivity index (χ3v) is 1.41. The number of aromatic nitrogens is 1. The maximum Gasteiger partial charge on any atom is 0.184 e. The molecule has 1 N–H and O–H groups in total. The van der Waals surface area contributed by atoms with Gasteiger partial charge in [-0.3, -0.25) is 4.79 Å². The molecule has 1 aromatic rings. The van der Waals surface area contributed by atoms with Crippen LogP contribution in [-0.4, -0.2) is 4.98 Å². The number of rotatable bonds is 0. The van der Waals surface area contributed by atoms with Crippen molar-refractivity contribution in [3.63, 3.8) is 0 Å². The van der Waals surface area contributed by atoms with E-state index >= 15 is 0 Å². The molecule has 0 radical (unpaired) electrons. The van der Waals surface area contributed by atoms with Gasteiger partial charge in [0, 0.05) is 12.1 Å². The standard InChI is InChI=1S/C5H3BrClNO/c6-4-1-3(9)2-5(7)8-4/h1-2H,(H,8,9). The quantitative estimate of drug-likeness (QED) is 0.648. The summed E-state index contributed by atoms with van der Waals surface area (Å²) in [5.41, 5.74) is -0.106. The third kappa shape index (κ3) is 1.84. The van der Waals surface area contributed by atoms with Gasteiger partial charge in [0.15, 0.2) is 5.43 Å². The normalized spacial score (nSPS) is 9.56. The van der Waals surface area contributed by atoms with Gasteiger partial charge in [-0.05, 0) is 15.9 Å². The van der Waals surface area contributed by atoms with Gasteiger partial charge in [0.1, 0.15) is 5.15 Å². The first kappa shape index (κ1) is 6.83. The summed E-state index contributed by atoms with van der Waals surface area (Å²) >= 11 is 8.54. The van der Waals surface area contributed by atoms with Crippen molar-refractivity contribution in [1.29, 1.82) is 0 Å². The lowest BCUT2D eigenvalue weighted by Gasteiger charge is -1.89. The van der Waals surface area contributed by atoms with Crippen molar-refractivity contribution in [2.24, 2.45) is 0 Å². The van der Waals surface area contributed by atoms with Gasteiger partial charge in [0.25, 0.3) is 0 Å². The monoisotopic (exact) mass is 207 g/mol. The molecule has 1 heterocycles. The highest BCUT2D eigenvalue weighted by molar-refractivity contribution is 9.10. The Morgan fingerprint density at radius 3 is 2.67 bits per heavy atom. The minimum Gasteiger partial charge on any atom is -0.340 e. The van der Waals surface area contributed by atoms with E-state index in [0.717, 1.165) is 0 Å². The van der Waals surface area contributed by atoms with Crippen molar-refractivity contribution in [2.75, 3.05) is 0 Å². The van der Waals surface area contributed by atoms with Crippen LogP contribution in [0.25, 0.3) is 0 Å². The van der Waals surface area contributed by atoms with Gasteiger partial charge >= 0.3 is 0 Å². The van der Waals surface area contributed by atoms with Crippen LogP contribution in [-0.2, 0) is 0 Å². The second-order valence-electron chi connectivity index (χ2n) is 1.51. The van der Waals surface area contributed by atoms with E-state index in [-0.39, 0.29) is 5.43 Å². The Morgan fingerprint density at radius 2 is 2.22 bits per heavy atom. The van der Waals surface area contributed by atoms with Crippen LogP contribution in [0.2, 0.25) is 5.15 Å². The lowest BCUT2D eigenvalue weighted by molar-refractivity contribution is 1.25. The van der Waals surface area contributed by atoms with Crippen molar-refractivity contribution in [3.05, 3.63) is 32.1 Å². The summed E-state index contributed by atoms with van der Waals surface area (Å²) in [5.74, 6) is 0. The van der Waals surface area contributed by atoms with E-state index in [1.54, 1.807) is 0 Å². The molecule has 1 aromatic heterocycles. The van der Waals surface area contributed by atoms with E-state index in [1.165, 1.54) is 12.1 Å². The number of nitrogens with one attached hydrogen (secondary N) is 1. The Kier molecular flexibility index (Phi) is 1.93. The number of pyridine rings is 1. The van der Waals surface area contributed by atoms with Gasteiger partial charge < -0.3 is 4.98 Å². The Bertz CT molecular complexity index is 247. The van der Waals surface area contributed by atoms with Crippen molar-refractivity contribution >= 4 is 27.5 Å². The molecule has 0 aliphatic rings. The Morgan fingerprint density at radius 1 is 1.56 bits per heavy atom. The van der Waals surface area contributed by atoms with Gasteiger partial charge in [-0.25, -0.2) is 0 Å². The molecule has 9 heavy (non-hydrogen) atoms. The molecule has 0 aromatic carbocycles. The Balaban J connectivity index is 3.33.